The minimum Gasteiger partial charge on any atom is -0.461 e. The fraction of sp³-hybridized carbons (Fsp3) is 0.133. The monoisotopic (exact) mass is 281 g/mol. The Morgan fingerprint density at radius 3 is 2.95 bits per heavy atom. The number of ether oxygens (including phenoxy) is 1. The van der Waals surface area contributed by atoms with E-state index in [1.54, 1.807) is 10.5 Å². The molecule has 0 aliphatic carbocycles. The highest BCUT2D eigenvalue weighted by Crippen LogP contribution is 2.27. The largest absolute Gasteiger partial charge is 0.461 e. The smallest absolute Gasteiger partial charge is 0.355 e. The van der Waals surface area contributed by atoms with Gasteiger partial charge in [0.25, 0.3) is 5.91 Å². The number of primary amides is 1. The third-order valence-corrected chi connectivity index (χ3v) is 3.71. The number of cyclic esters (lactones) is 1. The second-order valence-electron chi connectivity index (χ2n) is 4.94. The van der Waals surface area contributed by atoms with Crippen LogP contribution in [0.2, 0.25) is 0 Å². The van der Waals surface area contributed by atoms with Gasteiger partial charge in [-0.15, -0.1) is 0 Å². The summed E-state index contributed by atoms with van der Waals surface area (Å²) < 4.78 is 6.80. The molecule has 1 aromatic carbocycles. The molecule has 2 N–H and O–H groups in total. The molecule has 4 rings (SSSR count). The standard InChI is InChI=1S/C15H11N3O3/c16-13(19)9-7-8-5-6-21-15(20)12(8)18-11-4-2-1-3-10(11)17-14(9)18/h1-4,7H,5-6H2,(H2,16,19). The summed E-state index contributed by atoms with van der Waals surface area (Å²) in [5, 5.41) is 0. The van der Waals surface area contributed by atoms with Crippen LogP contribution in [0.4, 0.5) is 0 Å². The third kappa shape index (κ3) is 1.56. The highest BCUT2D eigenvalue weighted by atomic mass is 16.5. The molecule has 0 spiro atoms. The average Bonchev–Trinajstić information content (AvgIpc) is 2.85. The van der Waals surface area contributed by atoms with E-state index in [0.717, 1.165) is 11.1 Å². The van der Waals surface area contributed by atoms with Crippen LogP contribution in [-0.4, -0.2) is 27.9 Å². The predicted octanol–water partition coefficient (Wildman–Crippen LogP) is 1.30. The molecule has 0 atom stereocenters. The average molecular weight is 281 g/mol. The topological polar surface area (TPSA) is 86.7 Å². The van der Waals surface area contributed by atoms with Crippen LogP contribution >= 0.6 is 0 Å². The molecule has 0 fully saturated rings. The lowest BCUT2D eigenvalue weighted by atomic mass is 10.0. The van der Waals surface area contributed by atoms with Crippen molar-refractivity contribution in [2.45, 2.75) is 6.42 Å². The van der Waals surface area contributed by atoms with Crippen LogP contribution in [-0.2, 0) is 11.2 Å². The van der Waals surface area contributed by atoms with Crippen molar-refractivity contribution in [2.75, 3.05) is 6.61 Å². The van der Waals surface area contributed by atoms with Crippen molar-refractivity contribution in [3.8, 4) is 0 Å². The van der Waals surface area contributed by atoms with E-state index in [2.05, 4.69) is 4.98 Å². The Kier molecular flexibility index (Phi) is 2.29. The van der Waals surface area contributed by atoms with E-state index in [1.165, 1.54) is 0 Å². The summed E-state index contributed by atoms with van der Waals surface area (Å²) in [5.41, 5.74) is 8.81. The molecule has 6 heteroatoms. The second kappa shape index (κ2) is 4.05. The second-order valence-corrected chi connectivity index (χ2v) is 4.94. The number of carbonyl (C=O) groups is 2. The maximum atomic E-state index is 12.1. The number of nitrogens with two attached hydrogens (primary N) is 1. The Bertz CT molecular complexity index is 927. The molecular weight excluding hydrogens is 270 g/mol. The van der Waals surface area contributed by atoms with Gasteiger partial charge in [-0.1, -0.05) is 12.1 Å². The summed E-state index contributed by atoms with van der Waals surface area (Å²) in [6.07, 6.45) is 0.559. The predicted molar refractivity (Wildman–Crippen MR) is 75.2 cm³/mol. The van der Waals surface area contributed by atoms with Crippen molar-refractivity contribution in [2.24, 2.45) is 5.73 Å². The van der Waals surface area contributed by atoms with E-state index < -0.39 is 11.9 Å². The fourth-order valence-electron chi connectivity index (χ4n) is 2.80. The first-order valence-corrected chi connectivity index (χ1v) is 6.57. The number of para-hydroxylation sites is 2. The highest BCUT2D eigenvalue weighted by molar-refractivity contribution is 6.03. The van der Waals surface area contributed by atoms with E-state index in [0.29, 0.717) is 35.4 Å². The van der Waals surface area contributed by atoms with Gasteiger partial charge >= 0.3 is 5.97 Å². The zero-order chi connectivity index (χ0) is 14.6. The lowest BCUT2D eigenvalue weighted by Gasteiger charge is -2.18. The van der Waals surface area contributed by atoms with Gasteiger partial charge in [0.15, 0.2) is 5.65 Å². The number of aromatic nitrogens is 2. The van der Waals surface area contributed by atoms with Crippen LogP contribution in [0.1, 0.15) is 26.4 Å². The number of benzene rings is 1. The maximum absolute atomic E-state index is 12.1. The molecule has 3 heterocycles. The summed E-state index contributed by atoms with van der Waals surface area (Å²) in [6.45, 7) is 0.308. The number of carbonyl (C=O) groups excluding carboxylic acids is 2. The van der Waals surface area contributed by atoms with Crippen LogP contribution in [0.15, 0.2) is 30.3 Å². The number of hydrogen-bond donors (Lipinski definition) is 1. The van der Waals surface area contributed by atoms with Crippen molar-refractivity contribution in [1.29, 1.82) is 0 Å². The van der Waals surface area contributed by atoms with Gasteiger partial charge in [0.2, 0.25) is 0 Å². The number of imidazole rings is 1. The van der Waals surface area contributed by atoms with E-state index in [-0.39, 0.29) is 0 Å². The number of hydrogen-bond acceptors (Lipinski definition) is 4. The van der Waals surface area contributed by atoms with E-state index in [4.69, 9.17) is 10.5 Å². The summed E-state index contributed by atoms with van der Waals surface area (Å²) in [6, 6.07) is 9.03. The van der Waals surface area contributed by atoms with Crippen LogP contribution < -0.4 is 5.73 Å². The Morgan fingerprint density at radius 2 is 2.14 bits per heavy atom. The molecule has 3 aromatic rings. The van der Waals surface area contributed by atoms with Crippen molar-refractivity contribution < 1.29 is 14.3 Å². The normalized spacial score (nSPS) is 14.2. The molecule has 0 saturated heterocycles. The van der Waals surface area contributed by atoms with Gasteiger partial charge in [0.05, 0.1) is 23.2 Å². The summed E-state index contributed by atoms with van der Waals surface area (Å²) >= 11 is 0. The van der Waals surface area contributed by atoms with Crippen LogP contribution in [0.25, 0.3) is 16.7 Å². The number of nitrogens with zero attached hydrogens (tertiary/aromatic N) is 2. The lowest BCUT2D eigenvalue weighted by molar-refractivity contribution is 0.0469. The van der Waals surface area contributed by atoms with E-state index in [9.17, 15) is 9.59 Å². The minimum atomic E-state index is -0.558. The Morgan fingerprint density at radius 1 is 1.33 bits per heavy atom. The molecule has 1 aliphatic heterocycles. The molecular formula is C15H11N3O3. The van der Waals surface area contributed by atoms with Gasteiger partial charge in [0, 0.05) is 6.42 Å². The van der Waals surface area contributed by atoms with Crippen molar-refractivity contribution in [3.63, 3.8) is 0 Å². The van der Waals surface area contributed by atoms with Gasteiger partial charge in [0.1, 0.15) is 5.69 Å². The number of pyridine rings is 1. The molecule has 2 aromatic heterocycles. The number of esters is 1. The first-order chi connectivity index (χ1) is 10.2. The zero-order valence-corrected chi connectivity index (χ0v) is 11.0. The van der Waals surface area contributed by atoms with Crippen molar-refractivity contribution >= 4 is 28.6 Å². The summed E-state index contributed by atoms with van der Waals surface area (Å²) in [4.78, 5) is 28.3. The van der Waals surface area contributed by atoms with Crippen molar-refractivity contribution in [1.82, 2.24) is 9.38 Å². The Labute approximate surface area is 119 Å². The zero-order valence-electron chi connectivity index (χ0n) is 11.0. The van der Waals surface area contributed by atoms with Crippen LogP contribution in [0.5, 0.6) is 0 Å². The molecule has 0 radical (unpaired) electrons. The molecule has 6 nitrogen and oxygen atoms in total. The maximum Gasteiger partial charge on any atom is 0.355 e. The molecule has 1 amide bonds. The summed E-state index contributed by atoms with van der Waals surface area (Å²) in [5.74, 6) is -0.961. The van der Waals surface area contributed by atoms with Gasteiger partial charge in [-0.3, -0.25) is 9.20 Å². The van der Waals surface area contributed by atoms with E-state index in [1.807, 2.05) is 24.3 Å². The van der Waals surface area contributed by atoms with Crippen molar-refractivity contribution in [3.05, 3.63) is 47.2 Å². The fourth-order valence-corrected chi connectivity index (χ4v) is 2.80. The number of fused-ring (bicyclic) bond motifs is 5. The third-order valence-electron chi connectivity index (χ3n) is 3.71. The molecule has 0 bridgehead atoms. The van der Waals surface area contributed by atoms with Gasteiger partial charge in [-0.2, -0.15) is 0 Å². The van der Waals surface area contributed by atoms with Gasteiger partial charge in [-0.25, -0.2) is 9.78 Å². The van der Waals surface area contributed by atoms with E-state index >= 15 is 0 Å². The number of rotatable bonds is 1. The van der Waals surface area contributed by atoms with Gasteiger partial charge in [-0.05, 0) is 23.8 Å². The lowest BCUT2D eigenvalue weighted by Crippen LogP contribution is -2.24. The Hall–Kier alpha value is -2.89. The first-order valence-electron chi connectivity index (χ1n) is 6.57. The Balaban J connectivity index is 2.27. The summed E-state index contributed by atoms with van der Waals surface area (Å²) in [7, 11) is 0. The molecule has 104 valence electrons. The van der Waals surface area contributed by atoms with Gasteiger partial charge < -0.3 is 10.5 Å². The van der Waals surface area contributed by atoms with Crippen LogP contribution in [0, 0.1) is 0 Å². The molecule has 0 unspecified atom stereocenters. The minimum absolute atomic E-state index is 0.308. The van der Waals surface area contributed by atoms with Crippen LogP contribution in [0.3, 0.4) is 0 Å². The molecule has 0 saturated carbocycles. The SMILES string of the molecule is NC(=O)c1cc2c(n3c1nc1ccccc13)C(=O)OCC2. The number of amides is 1. The molecule has 21 heavy (non-hydrogen) atoms. The highest BCUT2D eigenvalue weighted by Gasteiger charge is 2.26. The quantitative estimate of drug-likeness (QED) is 0.681. The first kappa shape index (κ1) is 11.9. The molecule has 1 aliphatic rings.